The molecule has 0 unspecified atom stereocenters. The first-order valence-electron chi connectivity index (χ1n) is 9.47. The number of amides is 1. The Hall–Kier alpha value is -2.96. The molecule has 0 spiro atoms. The van der Waals surface area contributed by atoms with Crippen LogP contribution in [-0.2, 0) is 17.8 Å². The summed E-state index contributed by atoms with van der Waals surface area (Å²) in [6, 6.07) is 9.81. The fourth-order valence-corrected chi connectivity index (χ4v) is 3.56. The van der Waals surface area contributed by atoms with Crippen LogP contribution in [0, 0.1) is 5.82 Å². The van der Waals surface area contributed by atoms with Gasteiger partial charge in [0.05, 0.1) is 17.6 Å². The van der Waals surface area contributed by atoms with E-state index in [2.05, 4.69) is 42.2 Å². The van der Waals surface area contributed by atoms with E-state index in [9.17, 15) is 14.2 Å². The van der Waals surface area contributed by atoms with E-state index >= 15 is 0 Å². The summed E-state index contributed by atoms with van der Waals surface area (Å²) in [7, 11) is -1.09. The van der Waals surface area contributed by atoms with Crippen molar-refractivity contribution in [2.24, 2.45) is 0 Å². The number of nitrogens with one attached hydrogen (secondary N) is 3. The predicted molar refractivity (Wildman–Crippen MR) is 115 cm³/mol. The van der Waals surface area contributed by atoms with Crippen molar-refractivity contribution < 1.29 is 23.5 Å². The quantitative estimate of drug-likeness (QED) is 0.278. The Balaban J connectivity index is 1.27. The molecule has 31 heavy (non-hydrogen) atoms. The Morgan fingerprint density at radius 1 is 1.23 bits per heavy atom. The molecule has 2 aromatic carbocycles. The smallest absolute Gasteiger partial charge is 0.423 e. The van der Waals surface area contributed by atoms with Gasteiger partial charge in [0.15, 0.2) is 5.82 Å². The first-order valence-corrected chi connectivity index (χ1v) is 10.3. The molecule has 2 heterocycles. The monoisotopic (exact) mass is 489 g/mol. The molecule has 9 nitrogen and oxygen atoms in total. The lowest BCUT2D eigenvalue weighted by Crippen LogP contribution is -2.38. The van der Waals surface area contributed by atoms with Crippen molar-refractivity contribution in [1.29, 1.82) is 0 Å². The third kappa shape index (κ3) is 4.87. The van der Waals surface area contributed by atoms with Gasteiger partial charge in [0.25, 0.3) is 5.91 Å². The summed E-state index contributed by atoms with van der Waals surface area (Å²) in [4.78, 5) is 12.5. The zero-order valence-electron chi connectivity index (χ0n) is 16.2. The average molecular weight is 490 g/mol. The van der Waals surface area contributed by atoms with Crippen LogP contribution in [0.3, 0.4) is 0 Å². The van der Waals surface area contributed by atoms with Crippen LogP contribution in [0.4, 0.5) is 15.9 Å². The van der Waals surface area contributed by atoms with E-state index in [4.69, 9.17) is 9.28 Å². The highest BCUT2D eigenvalue weighted by molar-refractivity contribution is 9.10. The third-order valence-electron chi connectivity index (χ3n) is 4.72. The van der Waals surface area contributed by atoms with Crippen LogP contribution in [0.1, 0.15) is 21.6 Å². The number of carbonyl (C=O) groups is 1. The maximum absolute atomic E-state index is 13.3. The topological polar surface area (TPSA) is 122 Å². The molecule has 0 atom stereocenters. The van der Waals surface area contributed by atoms with Gasteiger partial charge in [-0.05, 0) is 50.9 Å². The van der Waals surface area contributed by atoms with Crippen molar-refractivity contribution in [3.05, 3.63) is 63.5 Å². The first kappa shape index (κ1) is 21.3. The minimum atomic E-state index is -1.09. The molecule has 0 fully saturated rings. The average Bonchev–Trinajstić information content (AvgIpc) is 3.38. The van der Waals surface area contributed by atoms with Crippen LogP contribution in [0.15, 0.2) is 45.5 Å². The fraction of sp³-hybridized carbons (Fsp3) is 0.211. The number of nitrogens with zero attached hydrogens (tertiary/aromatic N) is 2. The first-order chi connectivity index (χ1) is 15.0. The summed E-state index contributed by atoms with van der Waals surface area (Å²) in [6.07, 6.45) is 0. The summed E-state index contributed by atoms with van der Waals surface area (Å²) >= 11 is 3.14. The molecule has 4 rings (SSSR count). The summed E-state index contributed by atoms with van der Waals surface area (Å²) < 4.78 is 23.6. The molecule has 12 heteroatoms. The Morgan fingerprint density at radius 3 is 2.94 bits per heavy atom. The molecule has 1 aliphatic rings. The Labute approximate surface area is 185 Å². The molecule has 0 saturated heterocycles. The number of carbonyl (C=O) groups excluding carboxylic acids is 1. The van der Waals surface area contributed by atoms with Crippen molar-refractivity contribution in [2.75, 3.05) is 23.7 Å². The molecule has 1 amide bonds. The Bertz CT molecular complexity index is 1100. The van der Waals surface area contributed by atoms with Gasteiger partial charge < -0.3 is 25.6 Å². The van der Waals surface area contributed by atoms with Crippen molar-refractivity contribution >= 4 is 45.9 Å². The van der Waals surface area contributed by atoms with Gasteiger partial charge in [0.2, 0.25) is 0 Å². The lowest BCUT2D eigenvalue weighted by molar-refractivity contribution is 0.0956. The molecule has 4 N–H and O–H groups in total. The van der Waals surface area contributed by atoms with Crippen molar-refractivity contribution in [2.45, 2.75) is 13.2 Å². The van der Waals surface area contributed by atoms with Gasteiger partial charge in [-0.2, -0.15) is 0 Å². The fourth-order valence-electron chi connectivity index (χ4n) is 3.18. The summed E-state index contributed by atoms with van der Waals surface area (Å²) in [5, 5.41) is 26.6. The second-order valence-corrected chi connectivity index (χ2v) is 7.62. The van der Waals surface area contributed by atoms with Crippen LogP contribution in [0.5, 0.6) is 0 Å². The summed E-state index contributed by atoms with van der Waals surface area (Å²) in [5.74, 6) is -0.210. The maximum atomic E-state index is 13.3. The molecular weight excluding hydrogens is 472 g/mol. The van der Waals surface area contributed by atoms with E-state index in [1.54, 1.807) is 24.3 Å². The van der Waals surface area contributed by atoms with Gasteiger partial charge in [-0.25, -0.2) is 9.02 Å². The highest BCUT2D eigenvalue weighted by atomic mass is 79.9. The second kappa shape index (κ2) is 9.46. The number of halogens is 2. The molecular formula is C19H18BBrFN5O4. The second-order valence-electron chi connectivity index (χ2n) is 6.77. The number of benzene rings is 2. The van der Waals surface area contributed by atoms with E-state index in [1.165, 1.54) is 6.07 Å². The minimum Gasteiger partial charge on any atom is -0.423 e. The van der Waals surface area contributed by atoms with E-state index in [-0.39, 0.29) is 18.3 Å². The van der Waals surface area contributed by atoms with Gasteiger partial charge >= 0.3 is 7.12 Å². The van der Waals surface area contributed by atoms with Gasteiger partial charge in [0, 0.05) is 29.8 Å². The normalized spacial score (nSPS) is 12.5. The molecule has 0 bridgehead atoms. The lowest BCUT2D eigenvalue weighted by Gasteiger charge is -2.10. The number of hydrogen-bond donors (Lipinski definition) is 4. The summed E-state index contributed by atoms with van der Waals surface area (Å²) in [6.45, 7) is 1.28. The zero-order chi connectivity index (χ0) is 21.8. The lowest BCUT2D eigenvalue weighted by atomic mass is 9.76. The van der Waals surface area contributed by atoms with Crippen LogP contribution < -0.4 is 21.4 Å². The van der Waals surface area contributed by atoms with Crippen molar-refractivity contribution in [1.82, 2.24) is 15.6 Å². The zero-order valence-corrected chi connectivity index (χ0v) is 17.8. The molecule has 0 aliphatic carbocycles. The van der Waals surface area contributed by atoms with Gasteiger partial charge in [-0.1, -0.05) is 17.3 Å². The number of fused-ring (bicyclic) bond motifs is 1. The highest BCUT2D eigenvalue weighted by Crippen LogP contribution is 2.21. The number of aromatic nitrogens is 2. The third-order valence-corrected chi connectivity index (χ3v) is 5.33. The molecule has 0 radical (unpaired) electrons. The number of hydrogen-bond acceptors (Lipinski definition) is 8. The molecule has 3 aromatic rings. The maximum Gasteiger partial charge on any atom is 0.492 e. The SMILES string of the molecule is O=C(NCCNc1nonc1CNc1ccc(F)c(Br)c1)c1cccc2c1B(O)OC2. The van der Waals surface area contributed by atoms with Gasteiger partial charge in [-0.3, -0.25) is 4.79 Å². The Morgan fingerprint density at radius 2 is 2.10 bits per heavy atom. The number of anilines is 2. The molecule has 1 aromatic heterocycles. The van der Waals surface area contributed by atoms with Crippen LogP contribution >= 0.6 is 15.9 Å². The Kier molecular flexibility index (Phi) is 6.49. The van der Waals surface area contributed by atoms with E-state index in [0.29, 0.717) is 52.3 Å². The molecule has 1 aliphatic heterocycles. The standard InChI is InChI=1S/C19H18BBrFN5O4/c21-14-8-12(4-5-15(14)22)25-9-16-18(27-31-26-16)23-6-7-24-19(28)13-3-1-2-11-10-30-20(29)17(11)13/h1-5,8,25,29H,6-7,9-10H2,(H,23,27)(H,24,28). The molecule has 0 saturated carbocycles. The van der Waals surface area contributed by atoms with Crippen LogP contribution in [0.2, 0.25) is 0 Å². The predicted octanol–water partition coefficient (Wildman–Crippen LogP) is 1.64. The van der Waals surface area contributed by atoms with E-state index in [0.717, 1.165) is 5.56 Å². The van der Waals surface area contributed by atoms with Gasteiger partial charge in [-0.15, -0.1) is 0 Å². The largest absolute Gasteiger partial charge is 0.492 e. The van der Waals surface area contributed by atoms with Gasteiger partial charge in [0.1, 0.15) is 11.5 Å². The van der Waals surface area contributed by atoms with Crippen molar-refractivity contribution in [3.63, 3.8) is 0 Å². The minimum absolute atomic E-state index is 0.282. The molecule has 160 valence electrons. The van der Waals surface area contributed by atoms with Crippen molar-refractivity contribution in [3.8, 4) is 0 Å². The van der Waals surface area contributed by atoms with Crippen LogP contribution in [0.25, 0.3) is 0 Å². The van der Waals surface area contributed by atoms with E-state index < -0.39 is 7.12 Å². The number of rotatable bonds is 8. The van der Waals surface area contributed by atoms with Crippen LogP contribution in [-0.4, -0.2) is 41.5 Å². The highest BCUT2D eigenvalue weighted by Gasteiger charge is 2.31. The van der Waals surface area contributed by atoms with E-state index in [1.807, 2.05) is 6.07 Å². The summed E-state index contributed by atoms with van der Waals surface area (Å²) in [5.41, 5.74) is 2.94.